The molecule has 0 bridgehead atoms. The number of rotatable bonds is 15. The fraction of sp³-hybridized carbons (Fsp3) is 1.00. The zero-order chi connectivity index (χ0) is 21.9. The van der Waals surface area contributed by atoms with Crippen molar-refractivity contribution in [3.63, 3.8) is 0 Å². The van der Waals surface area contributed by atoms with Crippen LogP contribution in [0.15, 0.2) is 0 Å². The van der Waals surface area contributed by atoms with Crippen molar-refractivity contribution >= 4 is 0 Å². The van der Waals surface area contributed by atoms with Crippen molar-refractivity contribution < 1.29 is 55.5 Å². The summed E-state index contributed by atoms with van der Waals surface area (Å²) in [6, 6.07) is 0. The van der Waals surface area contributed by atoms with Gasteiger partial charge in [-0.25, -0.2) is 0 Å². The molecule has 170 valence electrons. The van der Waals surface area contributed by atoms with E-state index in [0.29, 0.717) is 0 Å². The Hall–Kier alpha value is -0.660. The Morgan fingerprint density at radius 1 is 0.536 bits per heavy atom. The third-order valence-electron chi connectivity index (χ3n) is 3.47. The van der Waals surface area contributed by atoms with Crippen LogP contribution in [0.2, 0.25) is 0 Å². The van der Waals surface area contributed by atoms with Gasteiger partial charge in [-0.2, -0.15) is 26.3 Å². The van der Waals surface area contributed by atoms with Gasteiger partial charge in [-0.15, -0.1) is 0 Å². The summed E-state index contributed by atoms with van der Waals surface area (Å²) in [5.74, 6) is 0. The van der Waals surface area contributed by atoms with Crippen molar-refractivity contribution in [3.05, 3.63) is 0 Å². The number of aliphatic hydroxyl groups is 2. The van der Waals surface area contributed by atoms with Crippen LogP contribution >= 0.6 is 0 Å². The number of halogens is 6. The molecule has 0 spiro atoms. The van der Waals surface area contributed by atoms with Gasteiger partial charge in [0.15, 0.2) is 0 Å². The minimum absolute atomic E-state index is 0.0276. The zero-order valence-corrected chi connectivity index (χ0v) is 15.9. The number of alkyl halides is 6. The van der Waals surface area contributed by atoms with Crippen LogP contribution in [0.3, 0.4) is 0 Å². The maximum Gasteiger partial charge on any atom is 0.411 e. The fourth-order valence-corrected chi connectivity index (χ4v) is 1.85. The number of hydrogen-bond acceptors (Lipinski definition) is 6. The lowest BCUT2D eigenvalue weighted by Gasteiger charge is -2.28. The van der Waals surface area contributed by atoms with Gasteiger partial charge in [0.2, 0.25) is 0 Å². The molecule has 0 fully saturated rings. The second kappa shape index (κ2) is 12.1. The van der Waals surface area contributed by atoms with Gasteiger partial charge in [0.05, 0.1) is 52.9 Å². The minimum Gasteiger partial charge on any atom is -0.396 e. The molecule has 2 unspecified atom stereocenters. The first-order valence-electron chi connectivity index (χ1n) is 8.40. The molecule has 0 rings (SSSR count). The van der Waals surface area contributed by atoms with Crippen molar-refractivity contribution in [1.82, 2.24) is 0 Å². The summed E-state index contributed by atoms with van der Waals surface area (Å²) in [6.45, 7) is -1.62. The van der Waals surface area contributed by atoms with E-state index in [1.54, 1.807) is 0 Å². The van der Waals surface area contributed by atoms with Gasteiger partial charge in [0.25, 0.3) is 0 Å². The lowest BCUT2D eigenvalue weighted by atomic mass is 9.94. The molecule has 0 aromatic carbocycles. The molecule has 0 aromatic heterocycles. The van der Waals surface area contributed by atoms with Crippen LogP contribution in [0.25, 0.3) is 0 Å². The summed E-state index contributed by atoms with van der Waals surface area (Å²) in [7, 11) is 0. The van der Waals surface area contributed by atoms with Gasteiger partial charge in [-0.1, -0.05) is 13.8 Å². The van der Waals surface area contributed by atoms with E-state index < -0.39 is 49.6 Å². The van der Waals surface area contributed by atoms with Crippen molar-refractivity contribution in [3.8, 4) is 0 Å². The number of ether oxygens (including phenoxy) is 4. The smallest absolute Gasteiger partial charge is 0.396 e. The van der Waals surface area contributed by atoms with Crippen LogP contribution in [-0.4, -0.2) is 88.6 Å². The van der Waals surface area contributed by atoms with E-state index in [2.05, 4.69) is 9.47 Å². The molecule has 0 radical (unpaired) electrons. The highest BCUT2D eigenvalue weighted by Gasteiger charge is 2.32. The van der Waals surface area contributed by atoms with Crippen LogP contribution in [0.5, 0.6) is 0 Å². The average molecular weight is 430 g/mol. The molecule has 0 saturated carbocycles. The largest absolute Gasteiger partial charge is 0.411 e. The number of hydrogen-bond donors (Lipinski definition) is 2. The van der Waals surface area contributed by atoms with Crippen molar-refractivity contribution in [2.75, 3.05) is 66.1 Å². The summed E-state index contributed by atoms with van der Waals surface area (Å²) < 4.78 is 92.0. The molecule has 2 N–H and O–H groups in total. The summed E-state index contributed by atoms with van der Waals surface area (Å²) in [5.41, 5.74) is -2.06. The molecule has 0 heterocycles. The van der Waals surface area contributed by atoms with Gasteiger partial charge in [0.1, 0.15) is 13.2 Å². The molecular formula is C16H28F6O6. The highest BCUT2D eigenvalue weighted by Crippen LogP contribution is 2.21. The summed E-state index contributed by atoms with van der Waals surface area (Å²) in [6.07, 6.45) is -8.93. The molecule has 0 aliphatic heterocycles. The van der Waals surface area contributed by atoms with Crippen LogP contribution in [0, 0.1) is 10.8 Å². The maximum absolute atomic E-state index is 12.1. The molecule has 6 nitrogen and oxygen atoms in total. The van der Waals surface area contributed by atoms with E-state index in [9.17, 15) is 36.6 Å². The lowest BCUT2D eigenvalue weighted by molar-refractivity contribution is -0.186. The van der Waals surface area contributed by atoms with E-state index in [1.807, 2.05) is 0 Å². The van der Waals surface area contributed by atoms with Gasteiger partial charge in [0, 0.05) is 10.8 Å². The Bertz CT molecular complexity index is 381. The minimum atomic E-state index is -4.46. The Labute approximate surface area is 159 Å². The van der Waals surface area contributed by atoms with Gasteiger partial charge < -0.3 is 29.2 Å². The Balaban J connectivity index is 4.05. The average Bonchev–Trinajstić information content (AvgIpc) is 2.55. The highest BCUT2D eigenvalue weighted by molar-refractivity contribution is 4.74. The molecule has 2 atom stereocenters. The number of aliphatic hydroxyl groups excluding tert-OH is 2. The molecule has 12 heteroatoms. The molecule has 0 aliphatic carbocycles. The molecular weight excluding hydrogens is 402 g/mol. The zero-order valence-electron chi connectivity index (χ0n) is 15.9. The quantitative estimate of drug-likeness (QED) is 0.306. The molecule has 0 aromatic rings. The van der Waals surface area contributed by atoms with E-state index in [0.717, 1.165) is 0 Å². The third kappa shape index (κ3) is 14.4. The fourth-order valence-electron chi connectivity index (χ4n) is 1.85. The second-order valence-corrected chi connectivity index (χ2v) is 7.26. The van der Waals surface area contributed by atoms with Crippen LogP contribution in [-0.2, 0) is 18.9 Å². The molecule has 0 amide bonds. The topological polar surface area (TPSA) is 77.4 Å². The van der Waals surface area contributed by atoms with Crippen LogP contribution in [0.4, 0.5) is 26.3 Å². The first-order valence-corrected chi connectivity index (χ1v) is 8.40. The molecule has 0 saturated heterocycles. The lowest BCUT2D eigenvalue weighted by Crippen LogP contribution is -2.36. The van der Waals surface area contributed by atoms with Gasteiger partial charge in [-0.3, -0.25) is 0 Å². The van der Waals surface area contributed by atoms with Gasteiger partial charge in [-0.05, 0) is 0 Å². The predicted molar refractivity (Wildman–Crippen MR) is 85.8 cm³/mol. The normalized spacial score (nSPS) is 17.4. The van der Waals surface area contributed by atoms with E-state index in [-0.39, 0.29) is 39.6 Å². The summed E-state index contributed by atoms with van der Waals surface area (Å²) >= 11 is 0. The van der Waals surface area contributed by atoms with Crippen molar-refractivity contribution in [2.24, 2.45) is 10.8 Å². The monoisotopic (exact) mass is 430 g/mol. The van der Waals surface area contributed by atoms with Crippen molar-refractivity contribution in [2.45, 2.75) is 26.2 Å². The van der Waals surface area contributed by atoms with Crippen molar-refractivity contribution in [1.29, 1.82) is 0 Å². The Morgan fingerprint density at radius 2 is 0.821 bits per heavy atom. The van der Waals surface area contributed by atoms with Crippen LogP contribution in [0.1, 0.15) is 13.8 Å². The third-order valence-corrected chi connectivity index (χ3v) is 3.47. The maximum atomic E-state index is 12.1. The first-order chi connectivity index (χ1) is 12.7. The second-order valence-electron chi connectivity index (χ2n) is 7.26. The summed E-state index contributed by atoms with van der Waals surface area (Å²) in [5, 5.41) is 18.6. The van der Waals surface area contributed by atoms with E-state index >= 15 is 0 Å². The Morgan fingerprint density at radius 3 is 1.07 bits per heavy atom. The SMILES string of the molecule is CC(CO)(COCCOCC(C)(CO)COCC(F)(F)F)COCC(F)(F)F. The van der Waals surface area contributed by atoms with E-state index in [4.69, 9.17) is 9.47 Å². The van der Waals surface area contributed by atoms with Gasteiger partial charge >= 0.3 is 12.4 Å². The highest BCUT2D eigenvalue weighted by atomic mass is 19.4. The van der Waals surface area contributed by atoms with E-state index in [1.165, 1.54) is 13.8 Å². The molecule has 28 heavy (non-hydrogen) atoms. The standard InChI is InChI=1S/C16H28F6O6/c1-13(5-23,9-27-11-15(17,18)19)7-25-3-4-26-8-14(2,6-24)10-28-12-16(20,21)22/h23-24H,3-12H2,1-2H3. The summed E-state index contributed by atoms with van der Waals surface area (Å²) in [4.78, 5) is 0. The van der Waals surface area contributed by atoms with Crippen LogP contribution < -0.4 is 0 Å². The first kappa shape index (κ1) is 27.3. The molecule has 0 aliphatic rings. The predicted octanol–water partition coefficient (Wildman–Crippen LogP) is 2.17. The Kier molecular flexibility index (Phi) is 11.8.